The van der Waals surface area contributed by atoms with Crippen LogP contribution >= 0.6 is 12.6 Å². The molecule has 0 unspecified atom stereocenters. The SMILES string of the molecule is CCC/C=C(\C)C(=O)[S]. The summed E-state index contributed by atoms with van der Waals surface area (Å²) in [6.07, 6.45) is 3.91. The highest BCUT2D eigenvalue weighted by molar-refractivity contribution is 7.97. The summed E-state index contributed by atoms with van der Waals surface area (Å²) in [5, 5.41) is -0.233. The van der Waals surface area contributed by atoms with E-state index in [0.717, 1.165) is 12.8 Å². The molecule has 0 aliphatic heterocycles. The van der Waals surface area contributed by atoms with Crippen molar-refractivity contribution in [1.29, 1.82) is 0 Å². The first-order chi connectivity index (χ1) is 4.18. The minimum absolute atomic E-state index is 0.233. The fraction of sp³-hybridized carbons (Fsp3) is 0.571. The van der Waals surface area contributed by atoms with Crippen molar-refractivity contribution in [1.82, 2.24) is 0 Å². The van der Waals surface area contributed by atoms with Gasteiger partial charge in [-0.05, 0) is 26.0 Å². The molecule has 0 saturated carbocycles. The third-order valence-corrected chi connectivity index (χ3v) is 1.38. The Morgan fingerprint density at radius 1 is 1.67 bits per heavy atom. The second-order valence-corrected chi connectivity index (χ2v) is 2.33. The molecule has 0 N–H and O–H groups in total. The molecule has 0 spiro atoms. The van der Waals surface area contributed by atoms with Gasteiger partial charge in [-0.1, -0.05) is 19.4 Å². The molecule has 2 heteroatoms. The Kier molecular flexibility index (Phi) is 4.32. The van der Waals surface area contributed by atoms with Gasteiger partial charge in [0.05, 0.1) is 0 Å². The summed E-state index contributed by atoms with van der Waals surface area (Å²) in [6, 6.07) is 0. The topological polar surface area (TPSA) is 17.1 Å². The molecule has 1 radical (unpaired) electrons. The van der Waals surface area contributed by atoms with Crippen LogP contribution < -0.4 is 0 Å². The second kappa shape index (κ2) is 4.50. The number of hydrogen-bond donors (Lipinski definition) is 0. The molecule has 0 aromatic rings. The molecular weight excluding hydrogens is 132 g/mol. The van der Waals surface area contributed by atoms with Crippen molar-refractivity contribution < 1.29 is 4.79 Å². The molecule has 9 heavy (non-hydrogen) atoms. The average molecular weight is 143 g/mol. The maximum absolute atomic E-state index is 10.4. The lowest BCUT2D eigenvalue weighted by Crippen LogP contribution is -1.86. The Bertz CT molecular complexity index is 127. The van der Waals surface area contributed by atoms with E-state index in [1.54, 1.807) is 6.92 Å². The van der Waals surface area contributed by atoms with Crippen molar-refractivity contribution in [3.05, 3.63) is 11.6 Å². The van der Waals surface area contributed by atoms with Gasteiger partial charge in [-0.3, -0.25) is 4.79 Å². The van der Waals surface area contributed by atoms with Gasteiger partial charge in [0, 0.05) is 5.57 Å². The summed E-state index contributed by atoms with van der Waals surface area (Å²) in [4.78, 5) is 10.4. The van der Waals surface area contributed by atoms with Gasteiger partial charge in [0.25, 0.3) is 0 Å². The largest absolute Gasteiger partial charge is 0.277 e. The van der Waals surface area contributed by atoms with Crippen LogP contribution in [-0.4, -0.2) is 5.12 Å². The lowest BCUT2D eigenvalue weighted by molar-refractivity contribution is -0.107. The second-order valence-electron chi connectivity index (χ2n) is 1.96. The fourth-order valence-electron chi connectivity index (χ4n) is 0.444. The van der Waals surface area contributed by atoms with Crippen LogP contribution in [0.1, 0.15) is 26.7 Å². The van der Waals surface area contributed by atoms with Gasteiger partial charge < -0.3 is 0 Å². The van der Waals surface area contributed by atoms with Crippen molar-refractivity contribution in [3.8, 4) is 0 Å². The van der Waals surface area contributed by atoms with Gasteiger partial charge in [-0.15, -0.1) is 0 Å². The molecule has 0 aromatic heterocycles. The molecule has 1 nitrogen and oxygen atoms in total. The molecule has 0 saturated heterocycles. The Hall–Kier alpha value is -0.370. The minimum Gasteiger partial charge on any atom is -0.277 e. The molecule has 0 rings (SSSR count). The van der Waals surface area contributed by atoms with Crippen LogP contribution in [0.15, 0.2) is 11.6 Å². The van der Waals surface area contributed by atoms with Crippen molar-refractivity contribution >= 4 is 17.7 Å². The first kappa shape index (κ1) is 8.63. The molecule has 0 fully saturated rings. The van der Waals surface area contributed by atoms with Crippen LogP contribution in [0.2, 0.25) is 0 Å². The molecule has 0 bridgehead atoms. The standard InChI is InChI=1S/C7H11OS/c1-3-4-5-6(2)7(8)9/h5H,3-4H2,1-2H3/b6-5+. The minimum atomic E-state index is -0.233. The first-order valence-corrected chi connectivity index (χ1v) is 3.47. The number of rotatable bonds is 3. The molecule has 51 valence electrons. The maximum Gasteiger partial charge on any atom is 0.244 e. The summed E-state index contributed by atoms with van der Waals surface area (Å²) in [6.45, 7) is 3.82. The van der Waals surface area contributed by atoms with Gasteiger partial charge in [0.2, 0.25) is 5.12 Å². The van der Waals surface area contributed by atoms with E-state index in [-0.39, 0.29) is 5.12 Å². The van der Waals surface area contributed by atoms with Crippen LogP contribution in [-0.2, 0) is 4.79 Å². The highest BCUT2D eigenvalue weighted by Gasteiger charge is 1.95. The number of hydrogen-bond acceptors (Lipinski definition) is 1. The van der Waals surface area contributed by atoms with Crippen LogP contribution in [0.5, 0.6) is 0 Å². The zero-order valence-corrected chi connectivity index (χ0v) is 6.62. The molecule has 0 heterocycles. The molecular formula is C7H11OS. The van der Waals surface area contributed by atoms with Crippen LogP contribution in [0.3, 0.4) is 0 Å². The summed E-state index contributed by atoms with van der Waals surface area (Å²) in [7, 11) is 0. The van der Waals surface area contributed by atoms with Crippen molar-refractivity contribution in [3.63, 3.8) is 0 Å². The van der Waals surface area contributed by atoms with Gasteiger partial charge >= 0.3 is 0 Å². The van der Waals surface area contributed by atoms with Crippen molar-refractivity contribution in [2.24, 2.45) is 0 Å². The summed E-state index contributed by atoms with van der Waals surface area (Å²) in [5.41, 5.74) is 0.701. The predicted octanol–water partition coefficient (Wildman–Crippen LogP) is 2.46. The van der Waals surface area contributed by atoms with E-state index >= 15 is 0 Å². The van der Waals surface area contributed by atoms with E-state index in [9.17, 15) is 4.79 Å². The lowest BCUT2D eigenvalue weighted by atomic mass is 10.2. The van der Waals surface area contributed by atoms with Crippen LogP contribution in [0.4, 0.5) is 0 Å². The van der Waals surface area contributed by atoms with Gasteiger partial charge in [-0.25, -0.2) is 0 Å². The fourth-order valence-corrected chi connectivity index (χ4v) is 0.528. The molecule has 0 amide bonds. The Morgan fingerprint density at radius 3 is 2.56 bits per heavy atom. The Morgan fingerprint density at radius 2 is 2.22 bits per heavy atom. The third kappa shape index (κ3) is 4.15. The summed E-state index contributed by atoms with van der Waals surface area (Å²) >= 11 is 4.41. The smallest absolute Gasteiger partial charge is 0.244 e. The summed E-state index contributed by atoms with van der Waals surface area (Å²) < 4.78 is 0. The van der Waals surface area contributed by atoms with E-state index in [0.29, 0.717) is 5.57 Å². The Labute approximate surface area is 61.6 Å². The van der Waals surface area contributed by atoms with Gasteiger partial charge in [-0.2, -0.15) is 0 Å². The molecule has 0 aromatic carbocycles. The van der Waals surface area contributed by atoms with Gasteiger partial charge in [0.1, 0.15) is 0 Å². The molecule has 0 aliphatic rings. The first-order valence-electron chi connectivity index (χ1n) is 3.06. The normalized spacial score (nSPS) is 11.6. The molecule has 0 atom stereocenters. The maximum atomic E-state index is 10.4. The van der Waals surface area contributed by atoms with E-state index in [2.05, 4.69) is 19.6 Å². The zero-order valence-electron chi connectivity index (χ0n) is 5.81. The number of allylic oxidation sites excluding steroid dienone is 1. The summed E-state index contributed by atoms with van der Waals surface area (Å²) in [5.74, 6) is 0. The lowest BCUT2D eigenvalue weighted by Gasteiger charge is -1.89. The highest BCUT2D eigenvalue weighted by atomic mass is 32.1. The quantitative estimate of drug-likeness (QED) is 0.555. The van der Waals surface area contributed by atoms with Crippen molar-refractivity contribution in [2.75, 3.05) is 0 Å². The monoisotopic (exact) mass is 143 g/mol. The van der Waals surface area contributed by atoms with Crippen LogP contribution in [0.25, 0.3) is 0 Å². The zero-order chi connectivity index (χ0) is 7.28. The van der Waals surface area contributed by atoms with E-state index in [1.807, 2.05) is 6.08 Å². The Balaban J connectivity index is 3.69. The number of unbranched alkanes of at least 4 members (excludes halogenated alkanes) is 1. The third-order valence-electron chi connectivity index (χ3n) is 1.06. The van der Waals surface area contributed by atoms with E-state index in [4.69, 9.17) is 0 Å². The number of carbonyl (C=O) groups excluding carboxylic acids is 1. The molecule has 0 aliphatic carbocycles. The highest BCUT2D eigenvalue weighted by Crippen LogP contribution is 2.00. The van der Waals surface area contributed by atoms with E-state index in [1.165, 1.54) is 0 Å². The average Bonchev–Trinajstić information content (AvgIpc) is 1.82. The van der Waals surface area contributed by atoms with E-state index < -0.39 is 0 Å². The van der Waals surface area contributed by atoms with Crippen LogP contribution in [0, 0.1) is 0 Å². The van der Waals surface area contributed by atoms with Crippen molar-refractivity contribution in [2.45, 2.75) is 26.7 Å². The predicted molar refractivity (Wildman–Crippen MR) is 41.3 cm³/mol. The van der Waals surface area contributed by atoms with Gasteiger partial charge in [0.15, 0.2) is 0 Å². The number of carbonyl (C=O) groups is 1.